The molecule has 0 radical (unpaired) electrons. The number of carbonyl (C=O) groups excluding carboxylic acids is 1. The van der Waals surface area contributed by atoms with E-state index in [4.69, 9.17) is 4.74 Å². The lowest BCUT2D eigenvalue weighted by Crippen LogP contribution is -2.58. The Morgan fingerprint density at radius 2 is 1.81 bits per heavy atom. The minimum atomic E-state index is -0.949. The Morgan fingerprint density at radius 3 is 2.47 bits per heavy atom. The summed E-state index contributed by atoms with van der Waals surface area (Å²) in [5.41, 5.74) is 3.83. The third kappa shape index (κ3) is 5.32. The fourth-order valence-corrected chi connectivity index (χ4v) is 5.37. The van der Waals surface area contributed by atoms with E-state index in [1.165, 1.54) is 28.7 Å². The minimum Gasteiger partial charge on any atom is -0.478 e. The van der Waals surface area contributed by atoms with Gasteiger partial charge in [0.1, 0.15) is 0 Å². The number of hydrogen-bond donors (Lipinski definition) is 3. The Hall–Kier alpha value is -3.16. The van der Waals surface area contributed by atoms with Crippen LogP contribution in [0.15, 0.2) is 54.1 Å². The molecule has 4 rings (SSSR count). The number of fused-ring (bicyclic) bond motifs is 3. The van der Waals surface area contributed by atoms with E-state index in [1.807, 2.05) is 13.8 Å². The lowest BCUT2D eigenvalue weighted by Gasteiger charge is -2.38. The summed E-state index contributed by atoms with van der Waals surface area (Å²) in [7, 11) is 0. The van der Waals surface area contributed by atoms with Gasteiger partial charge in [-0.3, -0.25) is 4.79 Å². The van der Waals surface area contributed by atoms with Crippen LogP contribution >= 0.6 is 0 Å². The molecule has 36 heavy (non-hydrogen) atoms. The monoisotopic (exact) mass is 491 g/mol. The molecule has 3 atom stereocenters. The zero-order valence-corrected chi connectivity index (χ0v) is 21.6. The molecule has 0 fully saturated rings. The van der Waals surface area contributed by atoms with Crippen molar-refractivity contribution in [1.29, 1.82) is 0 Å². The molecule has 1 aromatic heterocycles. The third-order valence-corrected chi connectivity index (χ3v) is 7.22. The zero-order valence-electron chi connectivity index (χ0n) is 21.6. The Kier molecular flexibility index (Phi) is 8.11. The molecule has 1 amide bonds. The molecule has 0 aliphatic heterocycles. The standard InChI is InChI=1S/C29H37N3O4/c1-5-21(6-2)36-27-16-20(29(34)35)15-24(28(27)31-18(4)33)30-17-19-12-13-26-23(14-19)22-10-8-9-11-25(22)32(26)7-3/h8-14,16,21,24,27-28,30H,5-7,15,17H2,1-4H3,(H,31,33)(H,34,35)/t24-,27+,28+/m0/s1. The number of carbonyl (C=O) groups is 2. The summed E-state index contributed by atoms with van der Waals surface area (Å²) in [5.74, 6) is -1.11. The van der Waals surface area contributed by atoms with Gasteiger partial charge in [-0.25, -0.2) is 4.79 Å². The summed E-state index contributed by atoms with van der Waals surface area (Å²) in [4.78, 5) is 24.0. The summed E-state index contributed by atoms with van der Waals surface area (Å²) in [5, 5.41) is 18.8. The number of aliphatic carboxylic acids is 1. The van der Waals surface area contributed by atoms with Crippen molar-refractivity contribution in [3.05, 3.63) is 59.7 Å². The number of aromatic nitrogens is 1. The molecule has 7 heteroatoms. The fourth-order valence-electron chi connectivity index (χ4n) is 5.37. The first-order valence-corrected chi connectivity index (χ1v) is 13.0. The van der Waals surface area contributed by atoms with Gasteiger partial charge in [0.15, 0.2) is 0 Å². The number of ether oxygens (including phenoxy) is 1. The van der Waals surface area contributed by atoms with Crippen LogP contribution in [0.3, 0.4) is 0 Å². The van der Waals surface area contributed by atoms with Gasteiger partial charge in [0.25, 0.3) is 0 Å². The predicted molar refractivity (Wildman–Crippen MR) is 143 cm³/mol. The van der Waals surface area contributed by atoms with Crippen molar-refractivity contribution >= 4 is 33.7 Å². The first kappa shape index (κ1) is 25.9. The van der Waals surface area contributed by atoms with Crippen molar-refractivity contribution in [3.63, 3.8) is 0 Å². The second-order valence-corrected chi connectivity index (χ2v) is 9.57. The lowest BCUT2D eigenvalue weighted by atomic mass is 9.87. The molecule has 0 bridgehead atoms. The highest BCUT2D eigenvalue weighted by molar-refractivity contribution is 6.08. The van der Waals surface area contributed by atoms with Crippen molar-refractivity contribution in [2.45, 2.75) is 84.3 Å². The van der Waals surface area contributed by atoms with Gasteiger partial charge in [0.2, 0.25) is 5.91 Å². The number of carboxylic acid groups (broad SMARTS) is 1. The largest absolute Gasteiger partial charge is 0.478 e. The number of rotatable bonds is 10. The van der Waals surface area contributed by atoms with Gasteiger partial charge in [-0.05, 0) is 56.0 Å². The van der Waals surface area contributed by atoms with Crippen molar-refractivity contribution in [2.75, 3.05) is 0 Å². The summed E-state index contributed by atoms with van der Waals surface area (Å²) in [6, 6.07) is 14.3. The Labute approximate surface area is 212 Å². The van der Waals surface area contributed by atoms with Crippen LogP contribution in [0.1, 0.15) is 52.5 Å². The van der Waals surface area contributed by atoms with Crippen molar-refractivity contribution in [1.82, 2.24) is 15.2 Å². The van der Waals surface area contributed by atoms with E-state index in [1.54, 1.807) is 6.08 Å². The maximum atomic E-state index is 12.1. The lowest BCUT2D eigenvalue weighted by molar-refractivity contribution is -0.133. The van der Waals surface area contributed by atoms with Crippen LogP contribution in [0.25, 0.3) is 21.8 Å². The van der Waals surface area contributed by atoms with Gasteiger partial charge in [-0.15, -0.1) is 0 Å². The van der Waals surface area contributed by atoms with E-state index < -0.39 is 12.1 Å². The normalized spacial score (nSPS) is 20.1. The van der Waals surface area contributed by atoms with Crippen LogP contribution in [0.5, 0.6) is 0 Å². The highest BCUT2D eigenvalue weighted by Crippen LogP contribution is 2.30. The average Bonchev–Trinajstić information content (AvgIpc) is 3.19. The molecule has 0 saturated heterocycles. The van der Waals surface area contributed by atoms with Gasteiger partial charge in [0, 0.05) is 53.4 Å². The first-order chi connectivity index (χ1) is 17.4. The second-order valence-electron chi connectivity index (χ2n) is 9.57. The molecule has 0 saturated carbocycles. The van der Waals surface area contributed by atoms with E-state index in [9.17, 15) is 14.7 Å². The van der Waals surface area contributed by atoms with Crippen molar-refractivity contribution < 1.29 is 19.4 Å². The highest BCUT2D eigenvalue weighted by Gasteiger charge is 2.37. The number of nitrogens with one attached hydrogen (secondary N) is 2. The number of benzene rings is 2. The van der Waals surface area contributed by atoms with Gasteiger partial charge in [-0.2, -0.15) is 0 Å². The van der Waals surface area contributed by atoms with Crippen LogP contribution in [-0.4, -0.2) is 45.8 Å². The maximum Gasteiger partial charge on any atom is 0.331 e. The van der Waals surface area contributed by atoms with E-state index in [-0.39, 0.29) is 24.1 Å². The van der Waals surface area contributed by atoms with E-state index in [0.29, 0.717) is 18.5 Å². The molecular formula is C29H37N3O4. The first-order valence-electron chi connectivity index (χ1n) is 13.0. The van der Waals surface area contributed by atoms with Crippen LogP contribution in [0.4, 0.5) is 0 Å². The molecule has 3 N–H and O–H groups in total. The maximum absolute atomic E-state index is 12.1. The number of aryl methyl sites for hydroxylation is 1. The number of hydrogen-bond acceptors (Lipinski definition) is 4. The molecule has 7 nitrogen and oxygen atoms in total. The van der Waals surface area contributed by atoms with Gasteiger partial charge >= 0.3 is 5.97 Å². The third-order valence-electron chi connectivity index (χ3n) is 7.22. The summed E-state index contributed by atoms with van der Waals surface area (Å²) < 4.78 is 8.61. The zero-order chi connectivity index (χ0) is 25.8. The average molecular weight is 492 g/mol. The number of carboxylic acids is 1. The SMILES string of the molecule is CCC(CC)O[C@@H]1C=C(C(=O)O)C[C@H](NCc2ccc3c(c2)c2ccccc2n3CC)[C@H]1NC(C)=O. The Bertz CT molecular complexity index is 1270. The molecule has 0 unspecified atom stereocenters. The van der Waals surface area contributed by atoms with Crippen molar-refractivity contribution in [3.8, 4) is 0 Å². The molecule has 2 aromatic carbocycles. The van der Waals surface area contributed by atoms with Crippen LogP contribution in [0.2, 0.25) is 0 Å². The number of para-hydroxylation sites is 1. The molecular weight excluding hydrogens is 454 g/mol. The van der Waals surface area contributed by atoms with Gasteiger partial charge < -0.3 is 25.0 Å². The Balaban J connectivity index is 1.62. The minimum absolute atomic E-state index is 0.00501. The highest BCUT2D eigenvalue weighted by atomic mass is 16.5. The van der Waals surface area contributed by atoms with Gasteiger partial charge in [-0.1, -0.05) is 38.1 Å². The molecule has 1 heterocycles. The molecule has 1 aliphatic carbocycles. The number of amides is 1. The van der Waals surface area contributed by atoms with Crippen LogP contribution in [0, 0.1) is 0 Å². The van der Waals surface area contributed by atoms with Crippen LogP contribution in [-0.2, 0) is 27.4 Å². The Morgan fingerprint density at radius 1 is 1.08 bits per heavy atom. The summed E-state index contributed by atoms with van der Waals surface area (Å²) >= 11 is 0. The fraction of sp³-hybridized carbons (Fsp3) is 0.448. The van der Waals surface area contributed by atoms with E-state index in [0.717, 1.165) is 24.9 Å². The smallest absolute Gasteiger partial charge is 0.331 e. The number of nitrogens with zero attached hydrogens (tertiary/aromatic N) is 1. The quantitative estimate of drug-likeness (QED) is 0.380. The van der Waals surface area contributed by atoms with E-state index in [2.05, 4.69) is 64.6 Å². The van der Waals surface area contributed by atoms with Gasteiger partial charge in [0.05, 0.1) is 18.2 Å². The second kappa shape index (κ2) is 11.3. The summed E-state index contributed by atoms with van der Waals surface area (Å²) in [6.45, 7) is 9.18. The topological polar surface area (TPSA) is 92.6 Å². The van der Waals surface area contributed by atoms with E-state index >= 15 is 0 Å². The molecule has 0 spiro atoms. The molecule has 192 valence electrons. The molecule has 1 aliphatic rings. The predicted octanol–water partition coefficient (Wildman–Crippen LogP) is 4.77. The molecule has 3 aromatic rings. The van der Waals surface area contributed by atoms with Crippen molar-refractivity contribution in [2.24, 2.45) is 0 Å². The van der Waals surface area contributed by atoms with Crippen LogP contribution < -0.4 is 10.6 Å². The summed E-state index contributed by atoms with van der Waals surface area (Å²) in [6.07, 6.45) is 3.10.